The highest BCUT2D eigenvalue weighted by atomic mass is 16.5. The van der Waals surface area contributed by atoms with E-state index in [1.54, 1.807) is 7.11 Å². The Labute approximate surface area is 126 Å². The normalized spacial score (nSPS) is 12.0. The average Bonchev–Trinajstić information content (AvgIpc) is 2.56. The highest BCUT2D eigenvalue weighted by Crippen LogP contribution is 2.25. The van der Waals surface area contributed by atoms with Gasteiger partial charge in [0.2, 0.25) is 0 Å². The maximum Gasteiger partial charge on any atom is 0.123 e. The molecule has 0 aliphatic heterocycles. The van der Waals surface area contributed by atoms with E-state index >= 15 is 0 Å². The first-order valence-corrected chi connectivity index (χ1v) is 7.30. The lowest BCUT2D eigenvalue weighted by atomic mass is 10.1. The van der Waals surface area contributed by atoms with Crippen molar-refractivity contribution in [1.29, 1.82) is 0 Å². The lowest BCUT2D eigenvalue weighted by Crippen LogP contribution is -2.23. The Morgan fingerprint density at radius 2 is 1.76 bits per heavy atom. The van der Waals surface area contributed by atoms with Gasteiger partial charge < -0.3 is 14.8 Å². The predicted octanol–water partition coefficient (Wildman–Crippen LogP) is 3.60. The number of para-hydroxylation sites is 1. The van der Waals surface area contributed by atoms with Crippen molar-refractivity contribution in [2.45, 2.75) is 19.4 Å². The van der Waals surface area contributed by atoms with Gasteiger partial charge in [0.25, 0.3) is 0 Å². The van der Waals surface area contributed by atoms with Gasteiger partial charge in [0.05, 0.1) is 13.2 Å². The molecule has 0 heterocycles. The number of aryl methyl sites for hydroxylation is 1. The third kappa shape index (κ3) is 3.99. The van der Waals surface area contributed by atoms with E-state index in [9.17, 15) is 0 Å². The lowest BCUT2D eigenvalue weighted by Gasteiger charge is -2.20. The van der Waals surface area contributed by atoms with Gasteiger partial charge in [0.15, 0.2) is 0 Å². The van der Waals surface area contributed by atoms with Gasteiger partial charge in [-0.15, -0.1) is 0 Å². The van der Waals surface area contributed by atoms with Crippen molar-refractivity contribution < 1.29 is 9.47 Å². The Morgan fingerprint density at radius 1 is 1.05 bits per heavy atom. The SMILES string of the molecule is CCc1ccc(OCC(NC)c2ccccc2OC)cc1. The van der Waals surface area contributed by atoms with Crippen LogP contribution in [0.5, 0.6) is 11.5 Å². The van der Waals surface area contributed by atoms with E-state index < -0.39 is 0 Å². The molecule has 0 radical (unpaired) electrons. The van der Waals surface area contributed by atoms with Gasteiger partial charge in [0.1, 0.15) is 18.1 Å². The molecule has 0 amide bonds. The molecular formula is C18H23NO2. The van der Waals surface area contributed by atoms with Gasteiger partial charge in [-0.25, -0.2) is 0 Å². The van der Waals surface area contributed by atoms with Crippen molar-refractivity contribution >= 4 is 0 Å². The second kappa shape index (κ2) is 7.70. The zero-order valence-corrected chi connectivity index (χ0v) is 12.9. The number of methoxy groups -OCH3 is 1. The first-order valence-electron chi connectivity index (χ1n) is 7.30. The van der Waals surface area contributed by atoms with Crippen molar-refractivity contribution in [2.24, 2.45) is 0 Å². The first kappa shape index (κ1) is 15.4. The largest absolute Gasteiger partial charge is 0.496 e. The molecular weight excluding hydrogens is 262 g/mol. The maximum absolute atomic E-state index is 5.89. The molecule has 21 heavy (non-hydrogen) atoms. The van der Waals surface area contributed by atoms with E-state index in [0.717, 1.165) is 23.5 Å². The Bertz CT molecular complexity index is 551. The second-order valence-corrected chi connectivity index (χ2v) is 4.89. The molecule has 1 unspecified atom stereocenters. The molecule has 0 saturated heterocycles. The number of likely N-dealkylation sites (N-methyl/N-ethyl adjacent to an activating group) is 1. The minimum atomic E-state index is 0.0898. The zero-order valence-electron chi connectivity index (χ0n) is 12.9. The summed E-state index contributed by atoms with van der Waals surface area (Å²) in [7, 11) is 3.62. The molecule has 1 N–H and O–H groups in total. The summed E-state index contributed by atoms with van der Waals surface area (Å²) in [6.07, 6.45) is 1.04. The summed E-state index contributed by atoms with van der Waals surface area (Å²) in [5, 5.41) is 3.28. The van der Waals surface area contributed by atoms with Crippen molar-refractivity contribution in [3.8, 4) is 11.5 Å². The molecule has 3 nitrogen and oxygen atoms in total. The number of hydrogen-bond acceptors (Lipinski definition) is 3. The van der Waals surface area contributed by atoms with Crippen molar-refractivity contribution in [3.05, 3.63) is 59.7 Å². The topological polar surface area (TPSA) is 30.5 Å². The van der Waals surface area contributed by atoms with Gasteiger partial charge in [-0.2, -0.15) is 0 Å². The first-order chi connectivity index (χ1) is 10.3. The molecule has 2 aromatic carbocycles. The van der Waals surface area contributed by atoms with Crippen LogP contribution in [0, 0.1) is 0 Å². The van der Waals surface area contributed by atoms with Crippen LogP contribution in [0.25, 0.3) is 0 Å². The van der Waals surface area contributed by atoms with Crippen molar-refractivity contribution in [3.63, 3.8) is 0 Å². The quantitative estimate of drug-likeness (QED) is 0.843. The molecule has 0 fully saturated rings. The molecule has 2 rings (SSSR count). The molecule has 0 aliphatic rings. The van der Waals surface area contributed by atoms with Crippen LogP contribution in [0.15, 0.2) is 48.5 Å². The number of ether oxygens (including phenoxy) is 2. The van der Waals surface area contributed by atoms with Crippen LogP contribution in [0.1, 0.15) is 24.1 Å². The smallest absolute Gasteiger partial charge is 0.123 e. The second-order valence-electron chi connectivity index (χ2n) is 4.89. The highest BCUT2D eigenvalue weighted by molar-refractivity contribution is 5.36. The van der Waals surface area contributed by atoms with Crippen molar-refractivity contribution in [2.75, 3.05) is 20.8 Å². The number of hydrogen-bond donors (Lipinski definition) is 1. The van der Waals surface area contributed by atoms with Crippen molar-refractivity contribution in [1.82, 2.24) is 5.32 Å². The van der Waals surface area contributed by atoms with E-state index in [1.807, 2.05) is 37.4 Å². The molecule has 3 heteroatoms. The van der Waals surface area contributed by atoms with Gasteiger partial charge in [-0.3, -0.25) is 0 Å². The van der Waals surface area contributed by atoms with Gasteiger partial charge in [0, 0.05) is 5.56 Å². The minimum absolute atomic E-state index is 0.0898. The Kier molecular flexibility index (Phi) is 5.64. The summed E-state index contributed by atoms with van der Waals surface area (Å²) in [5.41, 5.74) is 2.42. The fourth-order valence-corrected chi connectivity index (χ4v) is 2.28. The summed E-state index contributed by atoms with van der Waals surface area (Å²) in [6.45, 7) is 2.71. The van der Waals surface area contributed by atoms with Gasteiger partial charge >= 0.3 is 0 Å². The van der Waals surface area contributed by atoms with Crippen LogP contribution in [0.2, 0.25) is 0 Å². The predicted molar refractivity (Wildman–Crippen MR) is 86.1 cm³/mol. The Hall–Kier alpha value is -2.00. The summed E-state index contributed by atoms with van der Waals surface area (Å²) in [4.78, 5) is 0. The third-order valence-electron chi connectivity index (χ3n) is 3.61. The summed E-state index contributed by atoms with van der Waals surface area (Å²) >= 11 is 0. The molecule has 112 valence electrons. The number of benzene rings is 2. The van der Waals surface area contributed by atoms with Gasteiger partial charge in [-0.1, -0.05) is 37.3 Å². The fourth-order valence-electron chi connectivity index (χ4n) is 2.28. The number of nitrogens with one attached hydrogen (secondary N) is 1. The lowest BCUT2D eigenvalue weighted by molar-refractivity contribution is 0.269. The van der Waals surface area contributed by atoms with Crippen LogP contribution in [0.4, 0.5) is 0 Å². The standard InChI is InChI=1S/C18H23NO2/c1-4-14-9-11-15(12-10-14)21-13-17(19-2)16-7-5-6-8-18(16)20-3/h5-12,17,19H,4,13H2,1-3H3. The van der Waals surface area contributed by atoms with E-state index in [1.165, 1.54) is 5.56 Å². The van der Waals surface area contributed by atoms with Crippen LogP contribution in [-0.2, 0) is 6.42 Å². The molecule has 0 aromatic heterocycles. The van der Waals surface area contributed by atoms with Crippen LogP contribution < -0.4 is 14.8 Å². The minimum Gasteiger partial charge on any atom is -0.496 e. The monoisotopic (exact) mass is 285 g/mol. The van der Waals surface area contributed by atoms with E-state index in [2.05, 4.69) is 30.4 Å². The third-order valence-corrected chi connectivity index (χ3v) is 3.61. The Morgan fingerprint density at radius 3 is 2.38 bits per heavy atom. The van der Waals surface area contributed by atoms with E-state index in [0.29, 0.717) is 6.61 Å². The fraction of sp³-hybridized carbons (Fsp3) is 0.333. The van der Waals surface area contributed by atoms with E-state index in [4.69, 9.17) is 9.47 Å². The molecule has 0 aliphatic carbocycles. The molecule has 0 saturated carbocycles. The average molecular weight is 285 g/mol. The zero-order chi connectivity index (χ0) is 15.1. The van der Waals surface area contributed by atoms with Crippen LogP contribution in [0.3, 0.4) is 0 Å². The number of rotatable bonds is 7. The summed E-state index contributed by atoms with van der Waals surface area (Å²) in [6, 6.07) is 16.4. The highest BCUT2D eigenvalue weighted by Gasteiger charge is 2.14. The summed E-state index contributed by atoms with van der Waals surface area (Å²) in [5.74, 6) is 1.77. The van der Waals surface area contributed by atoms with E-state index in [-0.39, 0.29) is 6.04 Å². The van der Waals surface area contributed by atoms with Gasteiger partial charge in [-0.05, 0) is 37.2 Å². The molecule has 1 atom stereocenters. The maximum atomic E-state index is 5.89. The molecule has 0 spiro atoms. The summed E-state index contributed by atoms with van der Waals surface area (Å²) < 4.78 is 11.3. The van der Waals surface area contributed by atoms with Crippen LogP contribution >= 0.6 is 0 Å². The molecule has 0 bridgehead atoms. The molecule has 2 aromatic rings. The Balaban J connectivity index is 2.05. The van der Waals surface area contributed by atoms with Crippen LogP contribution in [-0.4, -0.2) is 20.8 Å².